The van der Waals surface area contributed by atoms with E-state index in [2.05, 4.69) is 41.4 Å². The highest BCUT2D eigenvalue weighted by Gasteiger charge is 2.20. The first-order valence-electron chi connectivity index (χ1n) is 7.06. The summed E-state index contributed by atoms with van der Waals surface area (Å²) in [5.74, 6) is 0. The summed E-state index contributed by atoms with van der Waals surface area (Å²) in [5.41, 5.74) is 3.61. The fourth-order valence-corrected chi connectivity index (χ4v) is 2.29. The molecule has 1 N–H and O–H groups in total. The van der Waals surface area contributed by atoms with Crippen LogP contribution in [0.25, 0.3) is 0 Å². The Morgan fingerprint density at radius 2 is 1.90 bits per heavy atom. The second-order valence-corrected chi connectivity index (χ2v) is 5.48. The molecule has 4 nitrogen and oxygen atoms in total. The summed E-state index contributed by atoms with van der Waals surface area (Å²) < 4.78 is 0. The van der Waals surface area contributed by atoms with Gasteiger partial charge in [0.05, 0.1) is 0 Å². The molecule has 0 spiro atoms. The lowest BCUT2D eigenvalue weighted by molar-refractivity contribution is 0.198. The predicted molar refractivity (Wildman–Crippen MR) is 82.9 cm³/mol. The van der Waals surface area contributed by atoms with Crippen LogP contribution in [-0.4, -0.2) is 37.1 Å². The minimum Gasteiger partial charge on any atom is -0.368 e. The second-order valence-electron chi connectivity index (χ2n) is 5.48. The highest BCUT2D eigenvalue weighted by Crippen LogP contribution is 2.17. The predicted octanol–water partition coefficient (Wildman–Crippen LogP) is 2.75. The summed E-state index contributed by atoms with van der Waals surface area (Å²) >= 11 is 0. The van der Waals surface area contributed by atoms with Gasteiger partial charge in [-0.3, -0.25) is 0 Å². The number of hydrogen-bond donors (Lipinski definition) is 1. The largest absolute Gasteiger partial charge is 0.368 e. The van der Waals surface area contributed by atoms with Crippen molar-refractivity contribution in [1.82, 2.24) is 10.2 Å². The molecule has 1 saturated heterocycles. The van der Waals surface area contributed by atoms with Crippen molar-refractivity contribution in [2.24, 2.45) is 0 Å². The van der Waals surface area contributed by atoms with Gasteiger partial charge in [-0.1, -0.05) is 17.7 Å². The van der Waals surface area contributed by atoms with Gasteiger partial charge in [-0.15, -0.1) is 0 Å². The van der Waals surface area contributed by atoms with E-state index in [0.717, 1.165) is 31.8 Å². The van der Waals surface area contributed by atoms with Gasteiger partial charge in [0.1, 0.15) is 0 Å². The molecule has 0 aliphatic carbocycles. The smallest absolute Gasteiger partial charge is 0.321 e. The number of benzene rings is 1. The van der Waals surface area contributed by atoms with E-state index in [9.17, 15) is 4.79 Å². The van der Waals surface area contributed by atoms with E-state index in [4.69, 9.17) is 0 Å². The molecule has 0 atom stereocenters. The molecule has 0 aromatic heterocycles. The van der Waals surface area contributed by atoms with Gasteiger partial charge >= 0.3 is 6.03 Å². The van der Waals surface area contributed by atoms with E-state index in [-0.39, 0.29) is 6.03 Å². The molecule has 2 amide bonds. The Morgan fingerprint density at radius 1 is 1.20 bits per heavy atom. The summed E-state index contributed by atoms with van der Waals surface area (Å²) in [5, 5.41) is 2.82. The number of rotatable bonds is 2. The van der Waals surface area contributed by atoms with E-state index in [1.54, 1.807) is 6.20 Å². The zero-order valence-corrected chi connectivity index (χ0v) is 12.5. The molecule has 0 saturated carbocycles. The molecule has 4 heteroatoms. The Balaban J connectivity index is 1.89. The molecule has 1 fully saturated rings. The van der Waals surface area contributed by atoms with Gasteiger partial charge in [0.25, 0.3) is 0 Å². The van der Waals surface area contributed by atoms with E-state index < -0.39 is 0 Å². The lowest BCUT2D eigenvalue weighted by Crippen LogP contribution is -2.51. The number of carbonyl (C=O) groups is 1. The van der Waals surface area contributed by atoms with Crippen molar-refractivity contribution >= 4 is 11.7 Å². The normalized spacial score (nSPS) is 14.9. The molecular weight excluding hydrogens is 250 g/mol. The Morgan fingerprint density at radius 3 is 2.50 bits per heavy atom. The Bertz CT molecular complexity index is 498. The van der Waals surface area contributed by atoms with Crippen LogP contribution in [-0.2, 0) is 0 Å². The van der Waals surface area contributed by atoms with Gasteiger partial charge in [-0.25, -0.2) is 4.79 Å². The summed E-state index contributed by atoms with van der Waals surface area (Å²) in [4.78, 5) is 16.1. The van der Waals surface area contributed by atoms with E-state index in [0.29, 0.717) is 0 Å². The average molecular weight is 273 g/mol. The molecule has 1 aromatic rings. The second kappa shape index (κ2) is 6.46. The summed E-state index contributed by atoms with van der Waals surface area (Å²) in [6.45, 7) is 9.32. The molecule has 0 bridgehead atoms. The highest BCUT2D eigenvalue weighted by atomic mass is 16.2. The standard InChI is InChI=1S/C16H23N3O/c1-13(2)12-17-16(20)19-9-7-18(8-10-19)15-6-4-5-14(3)11-15/h4-6,11-12H,7-10H2,1-3H3,(H,17,20). The fourth-order valence-electron chi connectivity index (χ4n) is 2.29. The number of nitrogens with zero attached hydrogens (tertiary/aromatic N) is 2. The monoisotopic (exact) mass is 273 g/mol. The number of anilines is 1. The minimum atomic E-state index is -0.00454. The zero-order valence-electron chi connectivity index (χ0n) is 12.5. The third-order valence-electron chi connectivity index (χ3n) is 3.42. The number of hydrogen-bond acceptors (Lipinski definition) is 2. The van der Waals surface area contributed by atoms with Gasteiger partial charge in [-0.2, -0.15) is 0 Å². The lowest BCUT2D eigenvalue weighted by Gasteiger charge is -2.36. The van der Waals surface area contributed by atoms with Crippen LogP contribution in [0.4, 0.5) is 10.5 Å². The number of nitrogens with one attached hydrogen (secondary N) is 1. The number of allylic oxidation sites excluding steroid dienone is 1. The summed E-state index contributed by atoms with van der Waals surface area (Å²) in [6, 6.07) is 8.51. The van der Waals surface area contributed by atoms with Gasteiger partial charge < -0.3 is 15.1 Å². The minimum absolute atomic E-state index is 0.00454. The van der Waals surface area contributed by atoms with Gasteiger partial charge in [0.15, 0.2) is 0 Å². The highest BCUT2D eigenvalue weighted by molar-refractivity contribution is 5.75. The molecule has 1 heterocycles. The number of urea groups is 1. The van der Waals surface area contributed by atoms with Gasteiger partial charge in [0, 0.05) is 38.1 Å². The Kier molecular flexibility index (Phi) is 4.66. The van der Waals surface area contributed by atoms with Crippen molar-refractivity contribution in [3.63, 3.8) is 0 Å². The van der Waals surface area contributed by atoms with Crippen LogP contribution in [0.15, 0.2) is 36.0 Å². The molecule has 1 aromatic carbocycles. The quantitative estimate of drug-likeness (QED) is 0.899. The first-order chi connectivity index (χ1) is 9.56. The van der Waals surface area contributed by atoms with Crippen LogP contribution in [0.2, 0.25) is 0 Å². The number of amides is 2. The maximum absolute atomic E-state index is 12.0. The van der Waals surface area contributed by atoms with E-state index in [1.807, 2.05) is 18.7 Å². The van der Waals surface area contributed by atoms with Crippen molar-refractivity contribution in [3.8, 4) is 0 Å². The molecular formula is C16H23N3O. The molecule has 1 aliphatic heterocycles. The molecule has 108 valence electrons. The topological polar surface area (TPSA) is 35.6 Å². The maximum atomic E-state index is 12.0. The van der Waals surface area contributed by atoms with Crippen LogP contribution in [0.1, 0.15) is 19.4 Å². The first kappa shape index (κ1) is 14.4. The zero-order chi connectivity index (χ0) is 14.5. The summed E-state index contributed by atoms with van der Waals surface area (Å²) in [6.07, 6.45) is 1.76. The first-order valence-corrected chi connectivity index (χ1v) is 7.06. The van der Waals surface area contributed by atoms with Crippen LogP contribution in [0.3, 0.4) is 0 Å². The van der Waals surface area contributed by atoms with Crippen molar-refractivity contribution in [1.29, 1.82) is 0 Å². The Hall–Kier alpha value is -1.97. The Labute approximate surface area is 121 Å². The number of piperazine rings is 1. The number of aryl methyl sites for hydroxylation is 1. The van der Waals surface area contributed by atoms with Crippen molar-refractivity contribution in [3.05, 3.63) is 41.6 Å². The third-order valence-corrected chi connectivity index (χ3v) is 3.42. The molecule has 2 rings (SSSR count). The lowest BCUT2D eigenvalue weighted by atomic mass is 10.2. The third kappa shape index (κ3) is 3.76. The number of carbonyl (C=O) groups excluding carboxylic acids is 1. The molecule has 1 aliphatic rings. The van der Waals surface area contributed by atoms with Crippen LogP contribution >= 0.6 is 0 Å². The average Bonchev–Trinajstić information content (AvgIpc) is 2.45. The van der Waals surface area contributed by atoms with Crippen molar-refractivity contribution < 1.29 is 4.79 Å². The fraction of sp³-hybridized carbons (Fsp3) is 0.438. The van der Waals surface area contributed by atoms with Crippen LogP contribution in [0, 0.1) is 6.92 Å². The molecule has 0 unspecified atom stereocenters. The van der Waals surface area contributed by atoms with E-state index >= 15 is 0 Å². The van der Waals surface area contributed by atoms with E-state index in [1.165, 1.54) is 11.3 Å². The maximum Gasteiger partial charge on any atom is 0.321 e. The molecule has 0 radical (unpaired) electrons. The molecule has 20 heavy (non-hydrogen) atoms. The van der Waals surface area contributed by atoms with Crippen LogP contribution < -0.4 is 10.2 Å². The van der Waals surface area contributed by atoms with Crippen molar-refractivity contribution in [2.75, 3.05) is 31.1 Å². The van der Waals surface area contributed by atoms with Gasteiger partial charge in [0.2, 0.25) is 0 Å². The van der Waals surface area contributed by atoms with Crippen LogP contribution in [0.5, 0.6) is 0 Å². The SMILES string of the molecule is CC(C)=CNC(=O)N1CCN(c2cccc(C)c2)CC1. The van der Waals surface area contributed by atoms with Gasteiger partial charge in [-0.05, 0) is 38.5 Å². The summed E-state index contributed by atoms with van der Waals surface area (Å²) in [7, 11) is 0. The van der Waals surface area contributed by atoms with Crippen molar-refractivity contribution in [2.45, 2.75) is 20.8 Å².